The van der Waals surface area contributed by atoms with Crippen LogP contribution in [-0.2, 0) is 0 Å². The van der Waals surface area contributed by atoms with Crippen molar-refractivity contribution >= 4 is 40.6 Å². The van der Waals surface area contributed by atoms with Crippen LogP contribution in [0.2, 0.25) is 10.0 Å². The highest BCUT2D eigenvalue weighted by Gasteiger charge is 2.14. The van der Waals surface area contributed by atoms with Crippen LogP contribution in [0.1, 0.15) is 30.2 Å². The predicted octanol–water partition coefficient (Wildman–Crippen LogP) is 4.19. The van der Waals surface area contributed by atoms with Crippen molar-refractivity contribution in [2.24, 2.45) is 0 Å². The van der Waals surface area contributed by atoms with E-state index in [-0.39, 0.29) is 5.91 Å². The van der Waals surface area contributed by atoms with Crippen molar-refractivity contribution < 1.29 is 4.79 Å². The zero-order valence-corrected chi connectivity index (χ0v) is 14.7. The van der Waals surface area contributed by atoms with Crippen LogP contribution in [0.5, 0.6) is 0 Å². The predicted molar refractivity (Wildman–Crippen MR) is 94.7 cm³/mol. The third kappa shape index (κ3) is 4.56. The Balaban J connectivity index is 2.28. The van der Waals surface area contributed by atoms with Crippen molar-refractivity contribution in [2.45, 2.75) is 20.8 Å². The molecule has 1 heterocycles. The number of aryl methyl sites for hydroxylation is 1. The standard InChI is InChI=1S/C16H18Cl2N4O/c1-4-22(5-2)15-9-14(19-10(3)20-15)16(23)21-13-7-11(17)6-12(18)8-13/h6-9H,4-5H2,1-3H3,(H,21,23). The Kier molecular flexibility index (Phi) is 5.80. The summed E-state index contributed by atoms with van der Waals surface area (Å²) >= 11 is 11.9. The van der Waals surface area contributed by atoms with Gasteiger partial charge in [0.25, 0.3) is 5.91 Å². The van der Waals surface area contributed by atoms with Gasteiger partial charge in [-0.05, 0) is 39.0 Å². The third-order valence-corrected chi connectivity index (χ3v) is 3.70. The number of hydrogen-bond acceptors (Lipinski definition) is 4. The second-order valence-electron chi connectivity index (χ2n) is 4.94. The highest BCUT2D eigenvalue weighted by molar-refractivity contribution is 6.35. The number of carbonyl (C=O) groups excluding carboxylic acids is 1. The lowest BCUT2D eigenvalue weighted by Gasteiger charge is -2.20. The fourth-order valence-electron chi connectivity index (χ4n) is 2.20. The number of hydrogen-bond donors (Lipinski definition) is 1. The lowest BCUT2D eigenvalue weighted by atomic mass is 10.3. The van der Waals surface area contributed by atoms with E-state index in [4.69, 9.17) is 23.2 Å². The molecule has 0 saturated heterocycles. The number of nitrogens with zero attached hydrogens (tertiary/aromatic N) is 3. The van der Waals surface area contributed by atoms with E-state index in [1.807, 2.05) is 13.8 Å². The van der Waals surface area contributed by atoms with Gasteiger partial charge >= 0.3 is 0 Å². The van der Waals surface area contributed by atoms with E-state index in [1.165, 1.54) is 0 Å². The molecule has 0 aliphatic heterocycles. The molecule has 0 saturated carbocycles. The van der Waals surface area contributed by atoms with Gasteiger partial charge in [0.05, 0.1) is 0 Å². The molecule has 5 nitrogen and oxygen atoms in total. The van der Waals surface area contributed by atoms with E-state index >= 15 is 0 Å². The van der Waals surface area contributed by atoms with Gasteiger partial charge < -0.3 is 10.2 Å². The number of amides is 1. The molecule has 0 bridgehead atoms. The van der Waals surface area contributed by atoms with Crippen LogP contribution in [-0.4, -0.2) is 29.0 Å². The molecule has 0 aliphatic carbocycles. The van der Waals surface area contributed by atoms with Crippen LogP contribution in [0.4, 0.5) is 11.5 Å². The van der Waals surface area contributed by atoms with E-state index in [9.17, 15) is 4.79 Å². The lowest BCUT2D eigenvalue weighted by molar-refractivity contribution is 0.102. The van der Waals surface area contributed by atoms with Gasteiger partial charge in [-0.1, -0.05) is 23.2 Å². The molecule has 122 valence electrons. The zero-order valence-electron chi connectivity index (χ0n) is 13.2. The molecule has 23 heavy (non-hydrogen) atoms. The molecule has 0 fully saturated rings. The number of carbonyl (C=O) groups is 1. The van der Waals surface area contributed by atoms with Crippen LogP contribution >= 0.6 is 23.2 Å². The van der Waals surface area contributed by atoms with Crippen LogP contribution in [0, 0.1) is 6.92 Å². The summed E-state index contributed by atoms with van der Waals surface area (Å²) in [6.45, 7) is 7.44. The number of anilines is 2. The molecule has 1 aromatic carbocycles. The van der Waals surface area contributed by atoms with E-state index in [1.54, 1.807) is 31.2 Å². The topological polar surface area (TPSA) is 58.1 Å². The van der Waals surface area contributed by atoms with E-state index < -0.39 is 0 Å². The van der Waals surface area contributed by atoms with Crippen molar-refractivity contribution in [1.82, 2.24) is 9.97 Å². The van der Waals surface area contributed by atoms with Crippen molar-refractivity contribution in [2.75, 3.05) is 23.3 Å². The second kappa shape index (κ2) is 7.62. The minimum absolute atomic E-state index is 0.301. The molecule has 2 aromatic rings. The Morgan fingerprint density at radius 1 is 1.09 bits per heavy atom. The maximum Gasteiger partial charge on any atom is 0.274 e. The molecule has 0 aliphatic rings. The van der Waals surface area contributed by atoms with E-state index in [0.717, 1.165) is 18.9 Å². The van der Waals surface area contributed by atoms with E-state index in [0.29, 0.717) is 27.3 Å². The molecule has 0 radical (unpaired) electrons. The van der Waals surface area contributed by atoms with Crippen molar-refractivity contribution in [3.63, 3.8) is 0 Å². The average Bonchev–Trinajstić information content (AvgIpc) is 2.46. The molecule has 0 atom stereocenters. The van der Waals surface area contributed by atoms with Gasteiger partial charge in [0, 0.05) is 34.9 Å². The minimum atomic E-state index is -0.331. The Labute approximate surface area is 145 Å². The number of nitrogens with one attached hydrogen (secondary N) is 1. The highest BCUT2D eigenvalue weighted by Crippen LogP contribution is 2.23. The second-order valence-corrected chi connectivity index (χ2v) is 5.82. The lowest BCUT2D eigenvalue weighted by Crippen LogP contribution is -2.24. The number of benzene rings is 1. The molecule has 0 spiro atoms. The summed E-state index contributed by atoms with van der Waals surface area (Å²) in [7, 11) is 0. The summed E-state index contributed by atoms with van der Waals surface area (Å²) < 4.78 is 0. The first-order valence-corrected chi connectivity index (χ1v) is 8.06. The largest absolute Gasteiger partial charge is 0.357 e. The summed E-state index contributed by atoms with van der Waals surface area (Å²) in [5.41, 5.74) is 0.823. The summed E-state index contributed by atoms with van der Waals surface area (Å²) in [5, 5.41) is 3.66. The maximum absolute atomic E-state index is 12.4. The van der Waals surface area contributed by atoms with Crippen LogP contribution in [0.3, 0.4) is 0 Å². The number of halogens is 2. The monoisotopic (exact) mass is 352 g/mol. The van der Waals surface area contributed by atoms with Gasteiger partial charge in [0.1, 0.15) is 17.3 Å². The van der Waals surface area contributed by atoms with Gasteiger partial charge in [0.15, 0.2) is 0 Å². The number of aromatic nitrogens is 2. The van der Waals surface area contributed by atoms with Gasteiger partial charge in [-0.3, -0.25) is 4.79 Å². The van der Waals surface area contributed by atoms with Crippen LogP contribution in [0.15, 0.2) is 24.3 Å². The Hall–Kier alpha value is -1.85. The molecular formula is C16H18Cl2N4O. The van der Waals surface area contributed by atoms with Gasteiger partial charge in [-0.2, -0.15) is 0 Å². The summed E-state index contributed by atoms with van der Waals surface area (Å²) in [6, 6.07) is 6.54. The molecule has 1 aromatic heterocycles. The van der Waals surface area contributed by atoms with Gasteiger partial charge in [-0.25, -0.2) is 9.97 Å². The highest BCUT2D eigenvalue weighted by atomic mass is 35.5. The smallest absolute Gasteiger partial charge is 0.274 e. The van der Waals surface area contributed by atoms with Crippen molar-refractivity contribution in [1.29, 1.82) is 0 Å². The summed E-state index contributed by atoms with van der Waals surface area (Å²) in [6.07, 6.45) is 0. The normalized spacial score (nSPS) is 10.5. The SMILES string of the molecule is CCN(CC)c1cc(C(=O)Nc2cc(Cl)cc(Cl)c2)nc(C)n1. The summed E-state index contributed by atoms with van der Waals surface area (Å²) in [4.78, 5) is 23.1. The summed E-state index contributed by atoms with van der Waals surface area (Å²) in [5.74, 6) is 0.947. The first-order chi connectivity index (χ1) is 10.9. The third-order valence-electron chi connectivity index (χ3n) is 3.26. The Morgan fingerprint density at radius 2 is 1.70 bits per heavy atom. The van der Waals surface area contributed by atoms with Gasteiger partial charge in [-0.15, -0.1) is 0 Å². The number of rotatable bonds is 5. The van der Waals surface area contributed by atoms with E-state index in [2.05, 4.69) is 20.2 Å². The van der Waals surface area contributed by atoms with Gasteiger partial charge in [0.2, 0.25) is 0 Å². The quantitative estimate of drug-likeness (QED) is 0.876. The first-order valence-electron chi connectivity index (χ1n) is 7.31. The first kappa shape index (κ1) is 17.5. The Bertz CT molecular complexity index is 697. The molecular weight excluding hydrogens is 335 g/mol. The maximum atomic E-state index is 12.4. The molecule has 1 N–H and O–H groups in total. The minimum Gasteiger partial charge on any atom is -0.357 e. The average molecular weight is 353 g/mol. The molecule has 0 unspecified atom stereocenters. The fourth-order valence-corrected chi connectivity index (χ4v) is 2.73. The molecule has 1 amide bonds. The molecule has 2 rings (SSSR count). The fraction of sp³-hybridized carbons (Fsp3) is 0.312. The molecule has 7 heteroatoms. The van der Waals surface area contributed by atoms with Crippen LogP contribution in [0.25, 0.3) is 0 Å². The Morgan fingerprint density at radius 3 is 2.26 bits per heavy atom. The van der Waals surface area contributed by atoms with Crippen molar-refractivity contribution in [3.05, 3.63) is 45.8 Å². The van der Waals surface area contributed by atoms with Crippen LogP contribution < -0.4 is 10.2 Å². The zero-order chi connectivity index (χ0) is 17.0. The van der Waals surface area contributed by atoms with Crippen molar-refractivity contribution in [3.8, 4) is 0 Å².